The van der Waals surface area contributed by atoms with Crippen molar-refractivity contribution in [2.75, 3.05) is 0 Å². The first-order valence-corrected chi connectivity index (χ1v) is 9.12. The summed E-state index contributed by atoms with van der Waals surface area (Å²) in [7, 11) is 0. The third-order valence-corrected chi connectivity index (χ3v) is 5.06. The van der Waals surface area contributed by atoms with Crippen LogP contribution in [0.1, 0.15) is 17.0 Å². The van der Waals surface area contributed by atoms with Gasteiger partial charge in [0.15, 0.2) is 5.71 Å². The van der Waals surface area contributed by atoms with E-state index in [2.05, 4.69) is 24.3 Å². The molecule has 0 amide bonds. The second kappa shape index (κ2) is 7.46. The molecule has 2 heteroatoms. The number of allylic oxidation sites excluding steroid dienone is 9. The average Bonchev–Trinajstić information content (AvgIpc) is 2.87. The minimum atomic E-state index is -0.126. The zero-order valence-corrected chi connectivity index (χ0v) is 15.0. The van der Waals surface area contributed by atoms with E-state index < -0.39 is 0 Å². The molecule has 2 aliphatic rings. The van der Waals surface area contributed by atoms with Gasteiger partial charge in [-0.15, -0.1) is 5.76 Å². The van der Waals surface area contributed by atoms with Gasteiger partial charge in [-0.25, -0.2) is 0 Å². The Kier molecular flexibility index (Phi) is 4.71. The van der Waals surface area contributed by atoms with E-state index in [0.717, 1.165) is 22.4 Å². The van der Waals surface area contributed by atoms with Crippen LogP contribution in [0.2, 0.25) is 0 Å². The molecular formula is C25H21NO. The summed E-state index contributed by atoms with van der Waals surface area (Å²) in [6.07, 6.45) is 14.1. The van der Waals surface area contributed by atoms with Crippen molar-refractivity contribution in [2.24, 2.45) is 5.92 Å². The molecule has 4 rings (SSSR count). The van der Waals surface area contributed by atoms with Gasteiger partial charge in [0, 0.05) is 12.0 Å². The molecule has 0 fully saturated rings. The smallest absolute Gasteiger partial charge is 0.181 e. The number of fused-ring (bicyclic) bond motifs is 1. The molecule has 2 aromatic carbocycles. The van der Waals surface area contributed by atoms with Crippen LogP contribution in [0.15, 0.2) is 114 Å². The highest BCUT2D eigenvalue weighted by atomic mass is 16.3. The Labute approximate surface area is 159 Å². The van der Waals surface area contributed by atoms with Crippen LogP contribution in [0.4, 0.5) is 0 Å². The van der Waals surface area contributed by atoms with Gasteiger partial charge in [-0.05, 0) is 22.3 Å². The zero-order chi connectivity index (χ0) is 18.6. The van der Waals surface area contributed by atoms with Crippen molar-refractivity contribution < 1.29 is 10.5 Å². The molecule has 2 nitrogen and oxygen atoms in total. The van der Waals surface area contributed by atoms with Gasteiger partial charge in [-0.3, -0.25) is 5.41 Å². The Bertz CT molecular complexity index is 991. The summed E-state index contributed by atoms with van der Waals surface area (Å²) in [5, 5.41) is 19.4. The molecule has 2 aromatic rings. The van der Waals surface area contributed by atoms with E-state index in [-0.39, 0.29) is 17.6 Å². The van der Waals surface area contributed by atoms with E-state index in [1.54, 1.807) is 0 Å². The molecule has 27 heavy (non-hydrogen) atoms. The number of nitrogens with two attached hydrogens (primary N) is 1. The molecule has 0 bridgehead atoms. The van der Waals surface area contributed by atoms with Crippen LogP contribution in [0.3, 0.4) is 0 Å². The van der Waals surface area contributed by atoms with Gasteiger partial charge in [0.05, 0.1) is 5.92 Å². The first kappa shape index (κ1) is 17.0. The Balaban J connectivity index is 1.80. The van der Waals surface area contributed by atoms with Crippen molar-refractivity contribution in [3.63, 3.8) is 0 Å². The van der Waals surface area contributed by atoms with Crippen LogP contribution < -0.4 is 10.5 Å². The molecular weight excluding hydrogens is 330 g/mol. The van der Waals surface area contributed by atoms with Crippen LogP contribution in [0.5, 0.6) is 0 Å². The van der Waals surface area contributed by atoms with Crippen molar-refractivity contribution in [3.8, 4) is 0 Å². The lowest BCUT2D eigenvalue weighted by atomic mass is 9.79. The SMILES string of the molecule is [NH2+]=C1C=C2C=CC=CC=C2C1C(/C=C(\[O-])c1ccccc1)c1ccccc1. The normalized spacial score (nSPS) is 19.9. The molecule has 0 spiro atoms. The maximum absolute atomic E-state index is 12.9. The highest BCUT2D eigenvalue weighted by molar-refractivity contribution is 6.01. The summed E-state index contributed by atoms with van der Waals surface area (Å²) >= 11 is 0. The highest BCUT2D eigenvalue weighted by Gasteiger charge is 2.36. The lowest BCUT2D eigenvalue weighted by Crippen LogP contribution is -2.43. The quantitative estimate of drug-likeness (QED) is 0.846. The third-order valence-electron chi connectivity index (χ3n) is 5.06. The first-order valence-electron chi connectivity index (χ1n) is 9.12. The topological polar surface area (TPSA) is 48.6 Å². The minimum absolute atomic E-state index is 0.0195. The minimum Gasteiger partial charge on any atom is -0.872 e. The van der Waals surface area contributed by atoms with Crippen LogP contribution in [0, 0.1) is 5.92 Å². The van der Waals surface area contributed by atoms with E-state index >= 15 is 0 Å². The van der Waals surface area contributed by atoms with Gasteiger partial charge >= 0.3 is 0 Å². The molecule has 0 saturated heterocycles. The maximum atomic E-state index is 12.9. The molecule has 0 saturated carbocycles. The number of rotatable bonds is 4. The molecule has 2 atom stereocenters. The Hall–Kier alpha value is -3.39. The van der Waals surface area contributed by atoms with Crippen molar-refractivity contribution in [2.45, 2.75) is 5.92 Å². The largest absolute Gasteiger partial charge is 0.872 e. The molecule has 0 heterocycles. The second-order valence-corrected chi connectivity index (χ2v) is 6.78. The summed E-state index contributed by atoms with van der Waals surface area (Å²) in [5.41, 5.74) is 4.84. The molecule has 0 radical (unpaired) electrons. The maximum Gasteiger partial charge on any atom is 0.181 e. The van der Waals surface area contributed by atoms with Gasteiger partial charge in [0.2, 0.25) is 0 Å². The van der Waals surface area contributed by atoms with Gasteiger partial charge < -0.3 is 5.11 Å². The van der Waals surface area contributed by atoms with Crippen molar-refractivity contribution in [1.29, 1.82) is 0 Å². The molecule has 0 aliphatic heterocycles. The van der Waals surface area contributed by atoms with E-state index in [1.165, 1.54) is 0 Å². The molecule has 2 unspecified atom stereocenters. The van der Waals surface area contributed by atoms with Crippen LogP contribution in [0.25, 0.3) is 5.76 Å². The standard InChI is InChI=1S/C25H21NO/c26-23-16-20-14-8-3-9-15-21(20)25(23)22(18-10-4-1-5-11-18)17-24(27)19-12-6-2-7-13-19/h1-17,22,25-27H/b24-17-,26-23?. The Morgan fingerprint density at radius 2 is 1.63 bits per heavy atom. The van der Waals surface area contributed by atoms with E-state index in [0.29, 0.717) is 5.56 Å². The van der Waals surface area contributed by atoms with Crippen molar-refractivity contribution >= 4 is 11.5 Å². The second-order valence-electron chi connectivity index (χ2n) is 6.78. The number of benzene rings is 2. The van der Waals surface area contributed by atoms with Gasteiger partial charge in [0.1, 0.15) is 0 Å². The zero-order valence-electron chi connectivity index (χ0n) is 15.0. The summed E-state index contributed by atoms with van der Waals surface area (Å²) < 4.78 is 0. The lowest BCUT2D eigenvalue weighted by Gasteiger charge is -2.25. The highest BCUT2D eigenvalue weighted by Crippen LogP contribution is 2.41. The van der Waals surface area contributed by atoms with E-state index in [9.17, 15) is 5.11 Å². The lowest BCUT2D eigenvalue weighted by molar-refractivity contribution is -0.244. The predicted octanol–water partition coefficient (Wildman–Crippen LogP) is 2.98. The number of hydrogen-bond donors (Lipinski definition) is 1. The average molecular weight is 351 g/mol. The van der Waals surface area contributed by atoms with Gasteiger partial charge in [-0.2, -0.15) is 0 Å². The summed E-state index contributed by atoms with van der Waals surface area (Å²) in [5.74, 6) is -0.160. The summed E-state index contributed by atoms with van der Waals surface area (Å²) in [4.78, 5) is 0. The van der Waals surface area contributed by atoms with E-state index in [4.69, 9.17) is 5.41 Å². The molecule has 2 aliphatic carbocycles. The third kappa shape index (κ3) is 3.47. The molecule has 0 aromatic heterocycles. The fourth-order valence-corrected chi connectivity index (χ4v) is 3.76. The van der Waals surface area contributed by atoms with Crippen molar-refractivity contribution in [3.05, 3.63) is 125 Å². The summed E-state index contributed by atoms with van der Waals surface area (Å²) in [6, 6.07) is 19.5. The van der Waals surface area contributed by atoms with Crippen LogP contribution in [-0.2, 0) is 0 Å². The fourth-order valence-electron chi connectivity index (χ4n) is 3.76. The van der Waals surface area contributed by atoms with Crippen LogP contribution >= 0.6 is 0 Å². The summed E-state index contributed by atoms with van der Waals surface area (Å²) in [6.45, 7) is 0. The van der Waals surface area contributed by atoms with Gasteiger partial charge in [-0.1, -0.05) is 97.1 Å². The first-order chi connectivity index (χ1) is 13.2. The monoisotopic (exact) mass is 351 g/mol. The Morgan fingerprint density at radius 3 is 2.37 bits per heavy atom. The fraction of sp³-hybridized carbons (Fsp3) is 0.0800. The van der Waals surface area contributed by atoms with Crippen LogP contribution in [-0.4, -0.2) is 5.71 Å². The molecule has 2 N–H and O–H groups in total. The van der Waals surface area contributed by atoms with Gasteiger partial charge in [0.25, 0.3) is 0 Å². The van der Waals surface area contributed by atoms with E-state index in [1.807, 2.05) is 78.9 Å². The molecule has 132 valence electrons. The predicted molar refractivity (Wildman–Crippen MR) is 108 cm³/mol. The van der Waals surface area contributed by atoms with Crippen molar-refractivity contribution in [1.82, 2.24) is 0 Å². The Morgan fingerprint density at radius 1 is 0.926 bits per heavy atom. The number of hydrogen-bond acceptors (Lipinski definition) is 1.